The summed E-state index contributed by atoms with van der Waals surface area (Å²) in [6, 6.07) is 4.76. The van der Waals surface area contributed by atoms with Gasteiger partial charge < -0.3 is 15.3 Å². The second-order valence-electron chi connectivity index (χ2n) is 6.89. The minimum atomic E-state index is -4.45. The molecule has 0 aromatic heterocycles. The second-order valence-corrected chi connectivity index (χ2v) is 6.89. The Morgan fingerprint density at radius 2 is 1.88 bits per heavy atom. The van der Waals surface area contributed by atoms with E-state index in [0.717, 1.165) is 6.07 Å². The molecule has 1 rings (SSSR count). The lowest BCUT2D eigenvalue weighted by atomic mass is 9.87. The van der Waals surface area contributed by atoms with E-state index in [0.29, 0.717) is 13.0 Å². The van der Waals surface area contributed by atoms with Crippen LogP contribution in [-0.2, 0) is 12.7 Å². The van der Waals surface area contributed by atoms with Crippen molar-refractivity contribution < 1.29 is 23.1 Å². The highest BCUT2D eigenvalue weighted by atomic mass is 19.4. The maximum atomic E-state index is 13.0. The Hall–Kier alpha value is -1.76. The SMILES string of the molecule is CC(O)CC(C)(C)CNC(=O)N(C)Cc1ccccc1C(F)(F)F. The number of aliphatic hydroxyl groups is 1. The molecule has 0 radical (unpaired) electrons. The van der Waals surface area contributed by atoms with Gasteiger partial charge in [-0.05, 0) is 30.4 Å². The van der Waals surface area contributed by atoms with Gasteiger partial charge in [-0.3, -0.25) is 0 Å². The molecule has 0 aliphatic rings. The molecule has 0 aliphatic carbocycles. The molecule has 0 saturated carbocycles. The van der Waals surface area contributed by atoms with Crippen LogP contribution < -0.4 is 5.32 Å². The maximum absolute atomic E-state index is 13.0. The summed E-state index contributed by atoms with van der Waals surface area (Å²) in [5.74, 6) is 0. The van der Waals surface area contributed by atoms with Crippen molar-refractivity contribution in [1.29, 1.82) is 0 Å². The van der Waals surface area contributed by atoms with E-state index in [1.54, 1.807) is 6.92 Å². The van der Waals surface area contributed by atoms with E-state index >= 15 is 0 Å². The van der Waals surface area contributed by atoms with Crippen molar-refractivity contribution in [3.05, 3.63) is 35.4 Å². The molecule has 136 valence electrons. The molecule has 0 heterocycles. The van der Waals surface area contributed by atoms with Crippen LogP contribution in [0.4, 0.5) is 18.0 Å². The molecule has 0 aliphatic heterocycles. The van der Waals surface area contributed by atoms with Gasteiger partial charge in [0.15, 0.2) is 0 Å². The number of rotatable bonds is 6. The largest absolute Gasteiger partial charge is 0.416 e. The van der Waals surface area contributed by atoms with Crippen molar-refractivity contribution in [1.82, 2.24) is 10.2 Å². The number of hydrogen-bond acceptors (Lipinski definition) is 2. The smallest absolute Gasteiger partial charge is 0.393 e. The molecule has 0 bridgehead atoms. The zero-order chi connectivity index (χ0) is 18.5. The summed E-state index contributed by atoms with van der Waals surface area (Å²) in [4.78, 5) is 13.3. The number of carbonyl (C=O) groups is 1. The van der Waals surface area contributed by atoms with Crippen LogP contribution in [-0.4, -0.2) is 35.7 Å². The van der Waals surface area contributed by atoms with Crippen LogP contribution in [0, 0.1) is 5.41 Å². The van der Waals surface area contributed by atoms with Crippen molar-refractivity contribution in [3.63, 3.8) is 0 Å². The van der Waals surface area contributed by atoms with Crippen LogP contribution >= 0.6 is 0 Å². The third-order valence-corrected chi connectivity index (χ3v) is 3.64. The molecule has 7 heteroatoms. The van der Waals surface area contributed by atoms with Gasteiger partial charge in [-0.1, -0.05) is 32.0 Å². The molecule has 1 aromatic carbocycles. The predicted molar refractivity (Wildman–Crippen MR) is 86.4 cm³/mol. The Kier molecular flexibility index (Phi) is 6.66. The summed E-state index contributed by atoms with van der Waals surface area (Å²) in [5.41, 5.74) is -1.00. The third kappa shape index (κ3) is 6.39. The van der Waals surface area contributed by atoms with Crippen LogP contribution in [0.5, 0.6) is 0 Å². The second kappa shape index (κ2) is 7.88. The number of nitrogens with zero attached hydrogens (tertiary/aromatic N) is 1. The van der Waals surface area contributed by atoms with Crippen molar-refractivity contribution in [3.8, 4) is 0 Å². The zero-order valence-electron chi connectivity index (χ0n) is 14.4. The number of alkyl halides is 3. The Morgan fingerprint density at radius 3 is 2.42 bits per heavy atom. The minimum absolute atomic E-state index is 0.0471. The average Bonchev–Trinajstić information content (AvgIpc) is 2.42. The molecule has 1 atom stereocenters. The number of benzene rings is 1. The predicted octanol–water partition coefficient (Wildman–Crippen LogP) is 3.64. The summed E-state index contributed by atoms with van der Waals surface area (Å²) in [5, 5.41) is 12.1. The van der Waals surface area contributed by atoms with E-state index in [2.05, 4.69) is 5.32 Å². The molecule has 1 aromatic rings. The van der Waals surface area contributed by atoms with Crippen molar-refractivity contribution in [2.24, 2.45) is 5.41 Å². The zero-order valence-corrected chi connectivity index (χ0v) is 14.4. The molecule has 2 amide bonds. The van der Waals surface area contributed by atoms with E-state index < -0.39 is 23.9 Å². The third-order valence-electron chi connectivity index (χ3n) is 3.64. The molecule has 0 spiro atoms. The normalized spacial score (nSPS) is 13.5. The van der Waals surface area contributed by atoms with Crippen molar-refractivity contribution in [2.75, 3.05) is 13.6 Å². The lowest BCUT2D eigenvalue weighted by Gasteiger charge is -2.28. The van der Waals surface area contributed by atoms with Gasteiger partial charge in [-0.2, -0.15) is 13.2 Å². The first kappa shape index (κ1) is 20.3. The number of halogens is 3. The molecule has 2 N–H and O–H groups in total. The Morgan fingerprint density at radius 1 is 1.29 bits per heavy atom. The van der Waals surface area contributed by atoms with Crippen LogP contribution in [0.3, 0.4) is 0 Å². The fourth-order valence-corrected chi connectivity index (χ4v) is 2.58. The summed E-state index contributed by atoms with van der Waals surface area (Å²) in [6.45, 7) is 5.65. The van der Waals surface area contributed by atoms with Gasteiger partial charge in [0.1, 0.15) is 0 Å². The fraction of sp³-hybridized carbons (Fsp3) is 0.588. The summed E-state index contributed by atoms with van der Waals surface area (Å²) in [7, 11) is 1.45. The summed E-state index contributed by atoms with van der Waals surface area (Å²) in [6.07, 6.45) is -4.44. The van der Waals surface area contributed by atoms with Crippen LogP contribution in [0.15, 0.2) is 24.3 Å². The molecule has 24 heavy (non-hydrogen) atoms. The molecule has 0 fully saturated rings. The Bertz CT molecular complexity index is 557. The van der Waals surface area contributed by atoms with E-state index in [9.17, 15) is 23.1 Å². The van der Waals surface area contributed by atoms with E-state index in [4.69, 9.17) is 0 Å². The van der Waals surface area contributed by atoms with Crippen LogP contribution in [0.25, 0.3) is 0 Å². The number of urea groups is 1. The first-order chi connectivity index (χ1) is 10.9. The van der Waals surface area contributed by atoms with Gasteiger partial charge >= 0.3 is 12.2 Å². The highest BCUT2D eigenvalue weighted by Crippen LogP contribution is 2.32. The van der Waals surface area contributed by atoms with Gasteiger partial charge in [-0.15, -0.1) is 0 Å². The van der Waals surface area contributed by atoms with Gasteiger partial charge in [0.2, 0.25) is 0 Å². The number of aliphatic hydroxyl groups excluding tert-OH is 1. The van der Waals surface area contributed by atoms with Gasteiger partial charge in [-0.25, -0.2) is 4.79 Å². The first-order valence-electron chi connectivity index (χ1n) is 7.74. The van der Waals surface area contributed by atoms with Crippen molar-refractivity contribution >= 4 is 6.03 Å². The van der Waals surface area contributed by atoms with Gasteiger partial charge in [0.25, 0.3) is 0 Å². The number of hydrogen-bond donors (Lipinski definition) is 2. The molecular formula is C17H25F3N2O2. The number of nitrogens with one attached hydrogen (secondary N) is 1. The highest BCUT2D eigenvalue weighted by molar-refractivity contribution is 5.73. The quantitative estimate of drug-likeness (QED) is 0.826. The highest BCUT2D eigenvalue weighted by Gasteiger charge is 2.33. The van der Waals surface area contributed by atoms with E-state index in [-0.39, 0.29) is 17.5 Å². The lowest BCUT2D eigenvalue weighted by Crippen LogP contribution is -2.42. The lowest BCUT2D eigenvalue weighted by molar-refractivity contribution is -0.138. The maximum Gasteiger partial charge on any atom is 0.416 e. The minimum Gasteiger partial charge on any atom is -0.393 e. The standard InChI is InChI=1S/C17H25F3N2O2/c1-12(23)9-16(2,3)11-21-15(24)22(4)10-13-7-5-6-8-14(13)17(18,19)20/h5-8,12,23H,9-11H2,1-4H3,(H,21,24). The van der Waals surface area contributed by atoms with Crippen LogP contribution in [0.2, 0.25) is 0 Å². The molecule has 0 saturated heterocycles. The molecule has 4 nitrogen and oxygen atoms in total. The Balaban J connectivity index is 2.69. The summed E-state index contributed by atoms with van der Waals surface area (Å²) < 4.78 is 38.9. The van der Waals surface area contributed by atoms with Crippen molar-refractivity contribution in [2.45, 2.75) is 46.0 Å². The number of carbonyl (C=O) groups excluding carboxylic acids is 1. The van der Waals surface area contributed by atoms with Crippen LogP contribution in [0.1, 0.15) is 38.3 Å². The van der Waals surface area contributed by atoms with Gasteiger partial charge in [0, 0.05) is 20.1 Å². The average molecular weight is 346 g/mol. The monoisotopic (exact) mass is 346 g/mol. The summed E-state index contributed by atoms with van der Waals surface area (Å²) >= 11 is 0. The first-order valence-corrected chi connectivity index (χ1v) is 7.74. The van der Waals surface area contributed by atoms with E-state index in [1.165, 1.54) is 30.1 Å². The molecule has 1 unspecified atom stereocenters. The van der Waals surface area contributed by atoms with Gasteiger partial charge in [0.05, 0.1) is 11.7 Å². The fourth-order valence-electron chi connectivity index (χ4n) is 2.58. The number of amides is 2. The molecular weight excluding hydrogens is 321 g/mol. The van der Waals surface area contributed by atoms with E-state index in [1.807, 2.05) is 13.8 Å². The topological polar surface area (TPSA) is 52.6 Å². The Labute approximate surface area is 140 Å².